The number of rotatable bonds is 6. The molecule has 0 atom stereocenters. The molecule has 1 amide bonds. The minimum absolute atomic E-state index is 0.0719. The maximum atomic E-state index is 12.1. The Morgan fingerprint density at radius 1 is 1.16 bits per heavy atom. The maximum absolute atomic E-state index is 12.1. The lowest BCUT2D eigenvalue weighted by atomic mass is 10.1. The number of thioether (sulfide) groups is 1. The third-order valence-corrected chi connectivity index (χ3v) is 5.64. The summed E-state index contributed by atoms with van der Waals surface area (Å²) in [5.74, 6) is 1.12. The van der Waals surface area contributed by atoms with Crippen molar-refractivity contribution in [3.05, 3.63) is 64.7 Å². The van der Waals surface area contributed by atoms with Gasteiger partial charge in [-0.3, -0.25) is 10.1 Å². The molecule has 0 aliphatic rings. The van der Waals surface area contributed by atoms with Crippen molar-refractivity contribution in [2.24, 2.45) is 0 Å². The number of hydrogen-bond acceptors (Lipinski definition) is 5. The number of carbonyl (C=O) groups excluding carboxylic acids is 1. The van der Waals surface area contributed by atoms with Gasteiger partial charge in [-0.15, -0.1) is 22.0 Å². The molecule has 2 aromatic carbocycles. The molecule has 7 heteroatoms. The average molecular weight is 390 g/mol. The number of amides is 1. The first kappa shape index (κ1) is 17.9. The van der Waals surface area contributed by atoms with E-state index >= 15 is 0 Å². The standard InChI is InChI=1S/C18H16ClN3OS2/c1-12-4-2-3-5-14(12)10-24-11-16(23)20-18-22-21-17(25-18)13-6-8-15(19)9-7-13/h2-9H,10-11H2,1H3,(H,20,22,23). The quantitative estimate of drug-likeness (QED) is 0.641. The second kappa shape index (κ2) is 8.47. The van der Waals surface area contributed by atoms with Gasteiger partial charge in [0.15, 0.2) is 0 Å². The van der Waals surface area contributed by atoms with Crippen LogP contribution >= 0.6 is 34.7 Å². The van der Waals surface area contributed by atoms with Crippen LogP contribution in [-0.4, -0.2) is 21.9 Å². The van der Waals surface area contributed by atoms with E-state index < -0.39 is 0 Å². The van der Waals surface area contributed by atoms with Crippen LogP contribution in [0.5, 0.6) is 0 Å². The van der Waals surface area contributed by atoms with Crippen molar-refractivity contribution < 1.29 is 4.79 Å². The van der Waals surface area contributed by atoms with Gasteiger partial charge in [0.1, 0.15) is 5.01 Å². The number of nitrogens with zero attached hydrogens (tertiary/aromatic N) is 2. The molecule has 1 N–H and O–H groups in total. The second-order valence-electron chi connectivity index (χ2n) is 5.39. The number of benzene rings is 2. The van der Waals surface area contributed by atoms with E-state index in [0.29, 0.717) is 15.9 Å². The van der Waals surface area contributed by atoms with E-state index in [1.807, 2.05) is 24.3 Å². The van der Waals surface area contributed by atoms with Crippen LogP contribution in [0.2, 0.25) is 5.02 Å². The summed E-state index contributed by atoms with van der Waals surface area (Å²) in [6.45, 7) is 2.08. The van der Waals surface area contributed by atoms with Crippen molar-refractivity contribution in [1.82, 2.24) is 10.2 Å². The van der Waals surface area contributed by atoms with Crippen LogP contribution in [0, 0.1) is 6.92 Å². The minimum atomic E-state index is -0.0719. The zero-order valence-corrected chi connectivity index (χ0v) is 15.9. The third-order valence-electron chi connectivity index (χ3n) is 3.51. The molecule has 0 saturated heterocycles. The van der Waals surface area contributed by atoms with E-state index in [9.17, 15) is 4.79 Å². The summed E-state index contributed by atoms with van der Waals surface area (Å²) in [6.07, 6.45) is 0. The smallest absolute Gasteiger partial charge is 0.236 e. The first-order valence-electron chi connectivity index (χ1n) is 7.63. The lowest BCUT2D eigenvalue weighted by molar-refractivity contribution is -0.113. The van der Waals surface area contributed by atoms with Crippen molar-refractivity contribution >= 4 is 45.7 Å². The third kappa shape index (κ3) is 5.04. The summed E-state index contributed by atoms with van der Waals surface area (Å²) in [5.41, 5.74) is 3.42. The molecule has 0 aliphatic carbocycles. The molecule has 0 saturated carbocycles. The lowest BCUT2D eigenvalue weighted by Crippen LogP contribution is -2.14. The van der Waals surface area contributed by atoms with E-state index in [4.69, 9.17) is 11.6 Å². The highest BCUT2D eigenvalue weighted by atomic mass is 35.5. The van der Waals surface area contributed by atoms with E-state index in [1.165, 1.54) is 22.5 Å². The van der Waals surface area contributed by atoms with Crippen molar-refractivity contribution in [3.8, 4) is 10.6 Å². The highest BCUT2D eigenvalue weighted by molar-refractivity contribution is 7.99. The molecule has 4 nitrogen and oxygen atoms in total. The Bertz CT molecular complexity index is 865. The monoisotopic (exact) mass is 389 g/mol. The highest BCUT2D eigenvalue weighted by Crippen LogP contribution is 2.27. The van der Waals surface area contributed by atoms with Gasteiger partial charge in [-0.25, -0.2) is 0 Å². The molecule has 128 valence electrons. The van der Waals surface area contributed by atoms with E-state index in [0.717, 1.165) is 16.3 Å². The molecule has 0 fully saturated rings. The number of anilines is 1. The maximum Gasteiger partial charge on any atom is 0.236 e. The predicted molar refractivity (Wildman–Crippen MR) is 106 cm³/mol. The van der Waals surface area contributed by atoms with Gasteiger partial charge >= 0.3 is 0 Å². The van der Waals surface area contributed by atoms with E-state index in [2.05, 4.69) is 34.6 Å². The van der Waals surface area contributed by atoms with Crippen LogP contribution in [0.3, 0.4) is 0 Å². The molecule has 0 unspecified atom stereocenters. The Morgan fingerprint density at radius 2 is 1.92 bits per heavy atom. The first-order chi connectivity index (χ1) is 12.1. The molecule has 0 bridgehead atoms. The van der Waals surface area contributed by atoms with Gasteiger partial charge in [-0.1, -0.05) is 59.3 Å². The molecule has 0 radical (unpaired) electrons. The number of carbonyl (C=O) groups is 1. The molecule has 3 aromatic rings. The number of hydrogen-bond donors (Lipinski definition) is 1. The summed E-state index contributed by atoms with van der Waals surface area (Å²) >= 11 is 8.81. The molecule has 1 heterocycles. The molecule has 1 aromatic heterocycles. The Hall–Kier alpha value is -1.89. The van der Waals surface area contributed by atoms with Crippen molar-refractivity contribution in [2.45, 2.75) is 12.7 Å². The number of aromatic nitrogens is 2. The average Bonchev–Trinajstić information content (AvgIpc) is 3.05. The van der Waals surface area contributed by atoms with Crippen LogP contribution in [0.1, 0.15) is 11.1 Å². The highest BCUT2D eigenvalue weighted by Gasteiger charge is 2.10. The van der Waals surface area contributed by atoms with Gasteiger partial charge in [-0.05, 0) is 30.2 Å². The summed E-state index contributed by atoms with van der Waals surface area (Å²) in [5, 5.41) is 12.9. The van der Waals surface area contributed by atoms with E-state index in [-0.39, 0.29) is 5.91 Å². The fourth-order valence-electron chi connectivity index (χ4n) is 2.16. The Morgan fingerprint density at radius 3 is 2.68 bits per heavy atom. The second-order valence-corrected chi connectivity index (χ2v) is 7.79. The number of halogens is 1. The van der Waals surface area contributed by atoms with Crippen LogP contribution < -0.4 is 5.32 Å². The largest absolute Gasteiger partial charge is 0.300 e. The van der Waals surface area contributed by atoms with Crippen LogP contribution in [-0.2, 0) is 10.5 Å². The lowest BCUT2D eigenvalue weighted by Gasteiger charge is -2.05. The molecular formula is C18H16ClN3OS2. The number of aryl methyl sites for hydroxylation is 1. The Kier molecular flexibility index (Phi) is 6.07. The van der Waals surface area contributed by atoms with Crippen molar-refractivity contribution in [3.63, 3.8) is 0 Å². The summed E-state index contributed by atoms with van der Waals surface area (Å²) < 4.78 is 0. The van der Waals surface area contributed by atoms with Gasteiger partial charge in [0.2, 0.25) is 11.0 Å². The molecule has 25 heavy (non-hydrogen) atoms. The van der Waals surface area contributed by atoms with Crippen LogP contribution in [0.4, 0.5) is 5.13 Å². The topological polar surface area (TPSA) is 54.9 Å². The SMILES string of the molecule is Cc1ccccc1CSCC(=O)Nc1nnc(-c2ccc(Cl)cc2)s1. The van der Waals surface area contributed by atoms with Crippen LogP contribution in [0.15, 0.2) is 48.5 Å². The summed E-state index contributed by atoms with van der Waals surface area (Å²) in [6, 6.07) is 15.6. The Labute approximate surface area is 159 Å². The summed E-state index contributed by atoms with van der Waals surface area (Å²) in [4.78, 5) is 12.1. The van der Waals surface area contributed by atoms with Gasteiger partial charge in [0.25, 0.3) is 0 Å². The van der Waals surface area contributed by atoms with Gasteiger partial charge in [-0.2, -0.15) is 0 Å². The van der Waals surface area contributed by atoms with Crippen molar-refractivity contribution in [2.75, 3.05) is 11.1 Å². The van der Waals surface area contributed by atoms with Crippen molar-refractivity contribution in [1.29, 1.82) is 0 Å². The number of nitrogens with one attached hydrogen (secondary N) is 1. The predicted octanol–water partition coefficient (Wildman–Crippen LogP) is 5.04. The zero-order chi connectivity index (χ0) is 17.6. The normalized spacial score (nSPS) is 10.6. The van der Waals surface area contributed by atoms with Gasteiger partial charge in [0, 0.05) is 16.3 Å². The molecule has 0 spiro atoms. The fraction of sp³-hybridized carbons (Fsp3) is 0.167. The summed E-state index contributed by atoms with van der Waals surface area (Å²) in [7, 11) is 0. The van der Waals surface area contributed by atoms with Gasteiger partial charge < -0.3 is 0 Å². The van der Waals surface area contributed by atoms with Gasteiger partial charge in [0.05, 0.1) is 5.75 Å². The molecular weight excluding hydrogens is 374 g/mol. The zero-order valence-electron chi connectivity index (χ0n) is 13.5. The minimum Gasteiger partial charge on any atom is -0.300 e. The molecule has 0 aliphatic heterocycles. The molecule has 3 rings (SSSR count). The fourth-order valence-corrected chi connectivity index (χ4v) is 3.96. The van der Waals surface area contributed by atoms with E-state index in [1.54, 1.807) is 23.9 Å². The van der Waals surface area contributed by atoms with Crippen LogP contribution in [0.25, 0.3) is 10.6 Å². The Balaban J connectivity index is 1.51. The first-order valence-corrected chi connectivity index (χ1v) is 9.98.